The molecule has 1 fully saturated rings. The molecule has 1 saturated heterocycles. The molecule has 1 heterocycles. The molecule has 3 rings (SSSR count). The van der Waals surface area contributed by atoms with E-state index in [1.54, 1.807) is 0 Å². The van der Waals surface area contributed by atoms with Gasteiger partial charge in [-0.15, -0.1) is 0 Å². The van der Waals surface area contributed by atoms with Crippen molar-refractivity contribution >= 4 is 21.4 Å². The Labute approximate surface area is 154 Å². The van der Waals surface area contributed by atoms with Crippen LogP contribution >= 0.6 is 0 Å². The molecule has 2 aromatic rings. The number of benzene rings is 2. The molecule has 0 saturated carbocycles. The fourth-order valence-corrected chi connectivity index (χ4v) is 5.10. The lowest BCUT2D eigenvalue weighted by Gasteiger charge is -2.20. The second-order valence-electron chi connectivity index (χ2n) is 7.05. The third kappa shape index (κ3) is 4.51. The van der Waals surface area contributed by atoms with Gasteiger partial charge in [0.15, 0.2) is 15.9 Å². The topological polar surface area (TPSA) is 79.8 Å². The number of carbonyl (C=O) groups is 1. The summed E-state index contributed by atoms with van der Waals surface area (Å²) in [6.45, 7) is 3.94. The van der Waals surface area contributed by atoms with Crippen molar-refractivity contribution in [2.45, 2.75) is 32.4 Å². The highest BCUT2D eigenvalue weighted by atomic mass is 32.2. The molecule has 0 radical (unpaired) electrons. The maximum Gasteiger partial charge on any atom is 0.287 e. The molecule has 2 atom stereocenters. The van der Waals surface area contributed by atoms with Gasteiger partial charge in [0.2, 0.25) is 0 Å². The number of amides is 1. The molecule has 6 heteroatoms. The van der Waals surface area contributed by atoms with Crippen molar-refractivity contribution in [1.29, 1.82) is 0 Å². The maximum absolute atomic E-state index is 13.0. The smallest absolute Gasteiger partial charge is 0.287 e. The molecule has 1 amide bonds. The predicted molar refractivity (Wildman–Crippen MR) is 103 cm³/mol. The molecule has 1 aliphatic rings. The van der Waals surface area contributed by atoms with Gasteiger partial charge in [0, 0.05) is 17.7 Å². The first-order chi connectivity index (χ1) is 12.3. The third-order valence-electron chi connectivity index (χ3n) is 4.82. The van der Waals surface area contributed by atoms with Crippen LogP contribution < -0.4 is 10.6 Å². The largest absolute Gasteiger partial charge is 0.329 e. The summed E-state index contributed by atoms with van der Waals surface area (Å²) in [6.07, 6.45) is 0.586. The van der Waals surface area contributed by atoms with Crippen molar-refractivity contribution in [2.24, 2.45) is 0 Å². The number of hydrogen-bond acceptors (Lipinski definition) is 3. The lowest BCUT2D eigenvalue weighted by Crippen LogP contribution is -2.93. The van der Waals surface area contributed by atoms with Crippen molar-refractivity contribution in [3.05, 3.63) is 65.2 Å². The Bertz CT molecular complexity index is 895. The van der Waals surface area contributed by atoms with E-state index in [0.29, 0.717) is 6.42 Å². The maximum atomic E-state index is 13.0. The van der Waals surface area contributed by atoms with E-state index < -0.39 is 15.9 Å². The standard InChI is InChI=1S/C20H24N2O3S/c1-14-8-9-15(2)18(12-14)22-20(23)19(16-6-4-3-5-7-16)21-17-10-11-26(24,25)13-17/h3-9,12,17,19,21H,10-11,13H2,1-2H3,(H,22,23)/p+1/t17-,19-/m1/s1. The van der Waals surface area contributed by atoms with Gasteiger partial charge in [-0.1, -0.05) is 42.5 Å². The summed E-state index contributed by atoms with van der Waals surface area (Å²) in [4.78, 5) is 13.0. The van der Waals surface area contributed by atoms with E-state index >= 15 is 0 Å². The molecule has 2 aromatic carbocycles. The van der Waals surface area contributed by atoms with Crippen LogP contribution in [0, 0.1) is 13.8 Å². The molecular weight excluding hydrogens is 348 g/mol. The van der Waals surface area contributed by atoms with Crippen LogP contribution in [-0.2, 0) is 14.6 Å². The van der Waals surface area contributed by atoms with E-state index in [2.05, 4.69) is 5.32 Å². The Balaban J connectivity index is 1.83. The number of hydrogen-bond donors (Lipinski definition) is 2. The minimum Gasteiger partial charge on any atom is -0.329 e. The average molecular weight is 373 g/mol. The van der Waals surface area contributed by atoms with Gasteiger partial charge in [-0.25, -0.2) is 8.42 Å². The van der Waals surface area contributed by atoms with E-state index in [0.717, 1.165) is 22.4 Å². The van der Waals surface area contributed by atoms with Crippen molar-refractivity contribution < 1.29 is 18.5 Å². The van der Waals surface area contributed by atoms with Crippen molar-refractivity contribution in [3.63, 3.8) is 0 Å². The van der Waals surface area contributed by atoms with Crippen LogP contribution in [0.25, 0.3) is 0 Å². The molecular formula is C20H25N2O3S+. The number of rotatable bonds is 5. The Morgan fingerprint density at radius 3 is 2.54 bits per heavy atom. The van der Waals surface area contributed by atoms with Gasteiger partial charge in [0.25, 0.3) is 5.91 Å². The summed E-state index contributed by atoms with van der Waals surface area (Å²) in [5.74, 6) is 0.204. The van der Waals surface area contributed by atoms with Gasteiger partial charge in [-0.2, -0.15) is 0 Å². The molecule has 5 nitrogen and oxygen atoms in total. The summed E-state index contributed by atoms with van der Waals surface area (Å²) in [5, 5.41) is 4.93. The van der Waals surface area contributed by atoms with Crippen LogP contribution in [0.2, 0.25) is 0 Å². The van der Waals surface area contributed by atoms with E-state index in [-0.39, 0.29) is 23.5 Å². The first-order valence-corrected chi connectivity index (χ1v) is 10.6. The normalized spacial score (nSPS) is 19.8. The van der Waals surface area contributed by atoms with Crippen molar-refractivity contribution in [2.75, 3.05) is 16.8 Å². The van der Waals surface area contributed by atoms with Crippen LogP contribution in [0.3, 0.4) is 0 Å². The monoisotopic (exact) mass is 373 g/mol. The quantitative estimate of drug-likeness (QED) is 0.838. The Morgan fingerprint density at radius 2 is 1.88 bits per heavy atom. The number of nitrogens with one attached hydrogen (secondary N) is 1. The van der Waals surface area contributed by atoms with E-state index in [1.807, 2.05) is 67.7 Å². The van der Waals surface area contributed by atoms with E-state index in [4.69, 9.17) is 0 Å². The summed E-state index contributed by atoms with van der Waals surface area (Å²) < 4.78 is 23.6. The highest BCUT2D eigenvalue weighted by molar-refractivity contribution is 7.91. The summed E-state index contributed by atoms with van der Waals surface area (Å²) in [5.41, 5.74) is 3.75. The van der Waals surface area contributed by atoms with E-state index in [1.165, 1.54) is 0 Å². The van der Waals surface area contributed by atoms with Crippen molar-refractivity contribution in [3.8, 4) is 0 Å². The first kappa shape index (κ1) is 18.6. The van der Waals surface area contributed by atoms with Gasteiger partial charge in [0.1, 0.15) is 11.8 Å². The summed E-state index contributed by atoms with van der Waals surface area (Å²) in [7, 11) is -2.98. The average Bonchev–Trinajstić information content (AvgIpc) is 2.95. The number of nitrogens with two attached hydrogens (primary N) is 1. The predicted octanol–water partition coefficient (Wildman–Crippen LogP) is 1.73. The highest BCUT2D eigenvalue weighted by Crippen LogP contribution is 2.19. The molecule has 0 aromatic heterocycles. The number of quaternary nitrogens is 1. The summed E-state index contributed by atoms with van der Waals surface area (Å²) in [6, 6.07) is 14.9. The fourth-order valence-electron chi connectivity index (χ4n) is 3.34. The molecule has 3 N–H and O–H groups in total. The van der Waals surface area contributed by atoms with Crippen LogP contribution in [0.5, 0.6) is 0 Å². The second-order valence-corrected chi connectivity index (χ2v) is 9.28. The van der Waals surface area contributed by atoms with Gasteiger partial charge >= 0.3 is 0 Å². The lowest BCUT2D eigenvalue weighted by atomic mass is 10.0. The zero-order valence-electron chi connectivity index (χ0n) is 15.1. The van der Waals surface area contributed by atoms with Gasteiger partial charge < -0.3 is 10.6 Å². The van der Waals surface area contributed by atoms with Crippen LogP contribution in [0.15, 0.2) is 48.5 Å². The molecule has 26 heavy (non-hydrogen) atoms. The third-order valence-corrected chi connectivity index (χ3v) is 6.62. The molecule has 138 valence electrons. The molecule has 0 aliphatic carbocycles. The minimum absolute atomic E-state index is 0.0884. The molecule has 0 bridgehead atoms. The Hall–Kier alpha value is -2.18. The number of anilines is 1. The van der Waals surface area contributed by atoms with E-state index in [9.17, 15) is 13.2 Å². The Kier molecular flexibility index (Phi) is 5.44. The zero-order valence-corrected chi connectivity index (χ0v) is 15.9. The number of carbonyl (C=O) groups excluding carboxylic acids is 1. The van der Waals surface area contributed by atoms with Crippen LogP contribution in [0.1, 0.15) is 29.2 Å². The number of sulfone groups is 1. The fraction of sp³-hybridized carbons (Fsp3) is 0.350. The lowest BCUT2D eigenvalue weighted by molar-refractivity contribution is -0.710. The SMILES string of the molecule is Cc1ccc(C)c(NC(=O)[C@H]([NH2+][C@@H]2CCS(=O)(=O)C2)c2ccccc2)c1. The van der Waals surface area contributed by atoms with Crippen LogP contribution in [-0.4, -0.2) is 31.9 Å². The van der Waals surface area contributed by atoms with Gasteiger partial charge in [-0.05, 0) is 31.0 Å². The van der Waals surface area contributed by atoms with Gasteiger partial charge in [0.05, 0.1) is 5.75 Å². The second kappa shape index (κ2) is 7.60. The first-order valence-electron chi connectivity index (χ1n) is 8.82. The minimum atomic E-state index is -2.98. The van der Waals surface area contributed by atoms with Crippen molar-refractivity contribution in [1.82, 2.24) is 0 Å². The Morgan fingerprint density at radius 1 is 1.15 bits per heavy atom. The van der Waals surface area contributed by atoms with Crippen LogP contribution in [0.4, 0.5) is 5.69 Å². The molecule has 1 aliphatic heterocycles. The number of aryl methyl sites for hydroxylation is 2. The molecule has 0 spiro atoms. The zero-order chi connectivity index (χ0) is 18.7. The highest BCUT2D eigenvalue weighted by Gasteiger charge is 2.35. The molecule has 0 unspecified atom stereocenters. The van der Waals surface area contributed by atoms with Gasteiger partial charge in [-0.3, -0.25) is 4.79 Å². The summed E-state index contributed by atoms with van der Waals surface area (Å²) >= 11 is 0.